The third-order valence-electron chi connectivity index (χ3n) is 2.54. The van der Waals surface area contributed by atoms with Gasteiger partial charge < -0.3 is 4.57 Å². The van der Waals surface area contributed by atoms with Crippen LogP contribution in [0.25, 0.3) is 11.0 Å². The molecule has 0 aliphatic carbocycles. The molecular formula is C11H16N4. The van der Waals surface area contributed by atoms with Gasteiger partial charge in [-0.3, -0.25) is 11.3 Å². The molecule has 4 nitrogen and oxygen atoms in total. The summed E-state index contributed by atoms with van der Waals surface area (Å²) in [6, 6.07) is 8.20. The van der Waals surface area contributed by atoms with Crippen molar-refractivity contribution in [1.29, 1.82) is 0 Å². The zero-order valence-corrected chi connectivity index (χ0v) is 8.90. The number of nitrogens with one attached hydrogen (secondary N) is 1. The molecule has 3 N–H and O–H groups in total. The highest BCUT2D eigenvalue weighted by molar-refractivity contribution is 5.75. The molecule has 2 rings (SSSR count). The Morgan fingerprint density at radius 1 is 1.40 bits per heavy atom. The number of hydrazine groups is 1. The summed E-state index contributed by atoms with van der Waals surface area (Å²) in [6.07, 6.45) is 0.860. The SMILES string of the molecule is CCn1c(CCNN)nc2ccccc21. The molecule has 0 unspecified atom stereocenters. The highest BCUT2D eigenvalue weighted by atomic mass is 15.2. The van der Waals surface area contributed by atoms with Crippen LogP contribution in [-0.2, 0) is 13.0 Å². The lowest BCUT2D eigenvalue weighted by Gasteiger charge is -2.04. The van der Waals surface area contributed by atoms with Crippen molar-refractivity contribution in [3.8, 4) is 0 Å². The first-order chi connectivity index (χ1) is 7.36. The van der Waals surface area contributed by atoms with E-state index in [2.05, 4.69) is 28.0 Å². The number of hydrogen-bond acceptors (Lipinski definition) is 3. The molecule has 0 amide bonds. The molecule has 0 fully saturated rings. The fraction of sp³-hybridized carbons (Fsp3) is 0.364. The third kappa shape index (κ3) is 1.86. The minimum absolute atomic E-state index is 0.753. The molecule has 4 heteroatoms. The molecule has 1 aromatic heterocycles. The van der Waals surface area contributed by atoms with E-state index in [4.69, 9.17) is 5.84 Å². The summed E-state index contributed by atoms with van der Waals surface area (Å²) in [5.41, 5.74) is 4.92. The molecule has 0 bridgehead atoms. The average Bonchev–Trinajstić information content (AvgIpc) is 2.63. The molecule has 0 aliphatic heterocycles. The topological polar surface area (TPSA) is 55.9 Å². The lowest BCUT2D eigenvalue weighted by atomic mass is 10.3. The Bertz CT molecular complexity index is 447. The summed E-state index contributed by atoms with van der Waals surface area (Å²) >= 11 is 0. The van der Waals surface area contributed by atoms with E-state index in [1.807, 2.05) is 18.2 Å². The van der Waals surface area contributed by atoms with Crippen molar-refractivity contribution in [3.63, 3.8) is 0 Å². The average molecular weight is 204 g/mol. The summed E-state index contributed by atoms with van der Waals surface area (Å²) in [7, 11) is 0. The lowest BCUT2D eigenvalue weighted by molar-refractivity contribution is 0.659. The van der Waals surface area contributed by atoms with Gasteiger partial charge in [-0.2, -0.15) is 0 Å². The van der Waals surface area contributed by atoms with E-state index in [0.29, 0.717) is 0 Å². The Hall–Kier alpha value is -1.39. The second-order valence-corrected chi connectivity index (χ2v) is 3.47. The van der Waals surface area contributed by atoms with Gasteiger partial charge in [0.2, 0.25) is 0 Å². The lowest BCUT2D eigenvalue weighted by Crippen LogP contribution is -2.25. The summed E-state index contributed by atoms with van der Waals surface area (Å²) in [5, 5.41) is 0. The monoisotopic (exact) mass is 204 g/mol. The van der Waals surface area contributed by atoms with Crippen LogP contribution in [0.3, 0.4) is 0 Å². The van der Waals surface area contributed by atoms with Crippen molar-refractivity contribution < 1.29 is 0 Å². The molecule has 0 aliphatic rings. The maximum Gasteiger partial charge on any atom is 0.111 e. The second kappa shape index (κ2) is 4.42. The Morgan fingerprint density at radius 2 is 2.20 bits per heavy atom. The molecular weight excluding hydrogens is 188 g/mol. The van der Waals surface area contributed by atoms with E-state index in [9.17, 15) is 0 Å². The van der Waals surface area contributed by atoms with Gasteiger partial charge in [0, 0.05) is 19.5 Å². The zero-order chi connectivity index (χ0) is 10.7. The van der Waals surface area contributed by atoms with Gasteiger partial charge in [-0.05, 0) is 19.1 Å². The van der Waals surface area contributed by atoms with E-state index in [1.54, 1.807) is 0 Å². The van der Waals surface area contributed by atoms with E-state index in [1.165, 1.54) is 5.52 Å². The summed E-state index contributed by atoms with van der Waals surface area (Å²) < 4.78 is 2.23. The van der Waals surface area contributed by atoms with Crippen molar-refractivity contribution in [2.45, 2.75) is 19.9 Å². The molecule has 0 spiro atoms. The molecule has 80 valence electrons. The van der Waals surface area contributed by atoms with Crippen LogP contribution >= 0.6 is 0 Å². The number of aryl methyl sites for hydroxylation is 1. The van der Waals surface area contributed by atoms with Crippen molar-refractivity contribution >= 4 is 11.0 Å². The Balaban J connectivity index is 2.44. The maximum atomic E-state index is 5.28. The number of para-hydroxylation sites is 2. The summed E-state index contributed by atoms with van der Waals surface area (Å²) in [6.45, 7) is 3.83. The van der Waals surface area contributed by atoms with E-state index >= 15 is 0 Å². The van der Waals surface area contributed by atoms with Crippen LogP contribution in [-0.4, -0.2) is 16.1 Å². The first-order valence-electron chi connectivity index (χ1n) is 5.24. The molecule has 2 aromatic rings. The predicted molar refractivity (Wildman–Crippen MR) is 61.3 cm³/mol. The molecule has 1 heterocycles. The fourth-order valence-corrected chi connectivity index (χ4v) is 1.85. The van der Waals surface area contributed by atoms with Crippen LogP contribution in [0.2, 0.25) is 0 Å². The quantitative estimate of drug-likeness (QED) is 0.578. The number of fused-ring (bicyclic) bond motifs is 1. The highest BCUT2D eigenvalue weighted by Crippen LogP contribution is 2.15. The van der Waals surface area contributed by atoms with Crippen LogP contribution in [0.4, 0.5) is 0 Å². The molecule has 15 heavy (non-hydrogen) atoms. The standard InChI is InChI=1S/C11H16N4/c1-2-15-10-6-4-3-5-9(10)14-11(15)7-8-13-12/h3-6,13H,2,7-8,12H2,1H3. The molecule has 0 saturated heterocycles. The van der Waals surface area contributed by atoms with Gasteiger partial charge >= 0.3 is 0 Å². The van der Waals surface area contributed by atoms with Gasteiger partial charge in [0.15, 0.2) is 0 Å². The van der Waals surface area contributed by atoms with Crippen molar-refractivity contribution in [2.75, 3.05) is 6.54 Å². The van der Waals surface area contributed by atoms with Crippen molar-refractivity contribution in [3.05, 3.63) is 30.1 Å². The number of imidazole rings is 1. The number of rotatable bonds is 4. The number of nitrogens with zero attached hydrogens (tertiary/aromatic N) is 2. The second-order valence-electron chi connectivity index (χ2n) is 3.47. The predicted octanol–water partition coefficient (Wildman–Crippen LogP) is 1.06. The van der Waals surface area contributed by atoms with Crippen molar-refractivity contribution in [1.82, 2.24) is 15.0 Å². The largest absolute Gasteiger partial charge is 0.328 e. The van der Waals surface area contributed by atoms with Crippen LogP contribution in [0.15, 0.2) is 24.3 Å². The van der Waals surface area contributed by atoms with Crippen molar-refractivity contribution in [2.24, 2.45) is 5.84 Å². The molecule has 0 radical (unpaired) electrons. The Morgan fingerprint density at radius 3 is 2.93 bits per heavy atom. The fourth-order valence-electron chi connectivity index (χ4n) is 1.85. The Kier molecular flexibility index (Phi) is 2.99. The number of nitrogens with two attached hydrogens (primary N) is 1. The summed E-state index contributed by atoms with van der Waals surface area (Å²) in [5.74, 6) is 6.37. The molecule has 1 aromatic carbocycles. The highest BCUT2D eigenvalue weighted by Gasteiger charge is 2.07. The minimum atomic E-state index is 0.753. The number of hydrogen-bond donors (Lipinski definition) is 2. The van der Waals surface area contributed by atoms with Gasteiger partial charge in [0.1, 0.15) is 5.82 Å². The smallest absolute Gasteiger partial charge is 0.111 e. The van der Waals surface area contributed by atoms with Gasteiger partial charge in [-0.15, -0.1) is 0 Å². The van der Waals surface area contributed by atoms with Crippen LogP contribution in [0.5, 0.6) is 0 Å². The van der Waals surface area contributed by atoms with E-state index in [0.717, 1.165) is 30.9 Å². The summed E-state index contributed by atoms with van der Waals surface area (Å²) in [4.78, 5) is 4.59. The minimum Gasteiger partial charge on any atom is -0.328 e. The Labute approximate surface area is 89.1 Å². The van der Waals surface area contributed by atoms with Crippen LogP contribution in [0.1, 0.15) is 12.7 Å². The molecule has 0 atom stereocenters. The number of benzene rings is 1. The van der Waals surface area contributed by atoms with Gasteiger partial charge in [-0.1, -0.05) is 12.1 Å². The van der Waals surface area contributed by atoms with Gasteiger partial charge in [0.25, 0.3) is 0 Å². The van der Waals surface area contributed by atoms with E-state index in [-0.39, 0.29) is 0 Å². The van der Waals surface area contributed by atoms with Gasteiger partial charge in [0.05, 0.1) is 11.0 Å². The molecule has 0 saturated carbocycles. The third-order valence-corrected chi connectivity index (χ3v) is 2.54. The number of aromatic nitrogens is 2. The first kappa shape index (κ1) is 10.1. The van der Waals surface area contributed by atoms with Gasteiger partial charge in [-0.25, -0.2) is 4.98 Å². The normalized spacial score (nSPS) is 11.1. The van der Waals surface area contributed by atoms with Crippen LogP contribution < -0.4 is 11.3 Å². The zero-order valence-electron chi connectivity index (χ0n) is 8.90. The van der Waals surface area contributed by atoms with E-state index < -0.39 is 0 Å². The van der Waals surface area contributed by atoms with Crippen LogP contribution in [0, 0.1) is 0 Å². The maximum absolute atomic E-state index is 5.28. The first-order valence-corrected chi connectivity index (χ1v) is 5.24.